The maximum atomic E-state index is 13.3. The van der Waals surface area contributed by atoms with Crippen molar-refractivity contribution in [3.63, 3.8) is 0 Å². The molecule has 0 spiro atoms. The molecule has 1 atom stereocenters. The Morgan fingerprint density at radius 3 is 2.69 bits per heavy atom. The van der Waals surface area contributed by atoms with E-state index < -0.39 is 12.7 Å². The van der Waals surface area contributed by atoms with E-state index in [-0.39, 0.29) is 24.7 Å². The normalized spacial score (nSPS) is 12.1. The van der Waals surface area contributed by atoms with Crippen LogP contribution in [-0.4, -0.2) is 44.0 Å². The highest BCUT2D eigenvalue weighted by Gasteiger charge is 2.22. The van der Waals surface area contributed by atoms with Crippen molar-refractivity contribution in [1.29, 1.82) is 0 Å². The zero-order valence-electron chi connectivity index (χ0n) is 16.9. The van der Waals surface area contributed by atoms with Gasteiger partial charge in [-0.25, -0.2) is 9.97 Å². The molecular weight excluding hydrogens is 418 g/mol. The number of halogens is 2. The number of pyridine rings is 1. The average Bonchev–Trinajstić information content (AvgIpc) is 3.26. The third-order valence-corrected chi connectivity index (χ3v) is 4.89. The topological polar surface area (TPSA) is 91.3 Å². The van der Waals surface area contributed by atoms with Crippen molar-refractivity contribution in [3.8, 4) is 5.75 Å². The number of fused-ring (bicyclic) bond motifs is 1. The first-order valence-electron chi connectivity index (χ1n) is 9.85. The van der Waals surface area contributed by atoms with E-state index >= 15 is 0 Å². The predicted octanol–water partition coefficient (Wildman–Crippen LogP) is 3.94. The molecule has 2 heterocycles. The van der Waals surface area contributed by atoms with Gasteiger partial charge in [0.25, 0.3) is 5.91 Å². The lowest BCUT2D eigenvalue weighted by Gasteiger charge is -2.26. The van der Waals surface area contributed by atoms with Gasteiger partial charge in [-0.15, -0.1) is 0 Å². The fraction of sp³-hybridized carbons (Fsp3) is 0.174. The summed E-state index contributed by atoms with van der Waals surface area (Å²) in [6, 6.07) is 16.8. The number of aliphatic hydroxyl groups is 1. The van der Waals surface area contributed by atoms with Crippen LogP contribution in [0.5, 0.6) is 5.75 Å². The summed E-state index contributed by atoms with van der Waals surface area (Å²) >= 11 is 0. The molecule has 1 unspecified atom stereocenters. The van der Waals surface area contributed by atoms with Crippen LogP contribution in [0.4, 0.5) is 8.78 Å². The summed E-state index contributed by atoms with van der Waals surface area (Å²) in [6.45, 7) is -2.79. The van der Waals surface area contributed by atoms with Crippen LogP contribution in [0.25, 0.3) is 11.2 Å². The zero-order valence-corrected chi connectivity index (χ0v) is 16.9. The van der Waals surface area contributed by atoms with Crippen molar-refractivity contribution in [3.05, 3.63) is 89.9 Å². The highest BCUT2D eigenvalue weighted by Crippen LogP contribution is 2.23. The van der Waals surface area contributed by atoms with Crippen molar-refractivity contribution in [2.75, 3.05) is 6.54 Å². The standard InChI is InChI=1S/C23H20F2N4O3/c24-23(25)32-18-8-4-7-16(9-18)20(30)13-29(12-15-5-2-1-3-6-15)22(31)17-10-19-21(26-11-17)28-14-27-19/h1-11,14,20,23,30H,12-13H2,(H,26,27,28). The van der Waals surface area contributed by atoms with E-state index in [4.69, 9.17) is 0 Å². The Morgan fingerprint density at radius 1 is 1.09 bits per heavy atom. The number of aliphatic hydroxyl groups excluding tert-OH is 1. The number of carbonyl (C=O) groups is 1. The molecule has 0 bridgehead atoms. The lowest BCUT2D eigenvalue weighted by Crippen LogP contribution is -2.34. The van der Waals surface area contributed by atoms with Gasteiger partial charge in [0.15, 0.2) is 5.65 Å². The van der Waals surface area contributed by atoms with Gasteiger partial charge in [0.05, 0.1) is 30.1 Å². The minimum atomic E-state index is -2.97. The summed E-state index contributed by atoms with van der Waals surface area (Å²) in [5.41, 5.74) is 2.68. The van der Waals surface area contributed by atoms with Crippen LogP contribution >= 0.6 is 0 Å². The van der Waals surface area contributed by atoms with E-state index in [1.165, 1.54) is 35.6 Å². The second-order valence-electron chi connectivity index (χ2n) is 7.14. The Bertz CT molecular complexity index is 1200. The zero-order chi connectivity index (χ0) is 22.5. The minimum absolute atomic E-state index is 0.0626. The van der Waals surface area contributed by atoms with Crippen molar-refractivity contribution in [2.45, 2.75) is 19.3 Å². The van der Waals surface area contributed by atoms with Gasteiger partial charge in [-0.3, -0.25) is 4.79 Å². The van der Waals surface area contributed by atoms with Gasteiger partial charge in [-0.2, -0.15) is 8.78 Å². The first-order chi connectivity index (χ1) is 15.5. The van der Waals surface area contributed by atoms with Crippen LogP contribution in [-0.2, 0) is 6.54 Å². The third-order valence-electron chi connectivity index (χ3n) is 4.89. The molecule has 0 saturated carbocycles. The number of nitrogens with one attached hydrogen (secondary N) is 1. The molecular formula is C23H20F2N4O3. The van der Waals surface area contributed by atoms with E-state index in [0.29, 0.717) is 22.3 Å². The van der Waals surface area contributed by atoms with Crippen LogP contribution in [0.3, 0.4) is 0 Å². The number of imidazole rings is 1. The molecule has 164 valence electrons. The molecule has 0 aliphatic heterocycles. The largest absolute Gasteiger partial charge is 0.435 e. The predicted molar refractivity (Wildman–Crippen MR) is 113 cm³/mol. The van der Waals surface area contributed by atoms with E-state index in [1.54, 1.807) is 12.1 Å². The van der Waals surface area contributed by atoms with Crippen molar-refractivity contribution < 1.29 is 23.4 Å². The van der Waals surface area contributed by atoms with Crippen molar-refractivity contribution in [2.24, 2.45) is 0 Å². The average molecular weight is 438 g/mol. The third kappa shape index (κ3) is 5.06. The number of alkyl halides is 2. The maximum Gasteiger partial charge on any atom is 0.387 e. The van der Waals surface area contributed by atoms with Gasteiger partial charge in [-0.1, -0.05) is 42.5 Å². The molecule has 1 amide bonds. The fourth-order valence-corrected chi connectivity index (χ4v) is 3.36. The van der Waals surface area contributed by atoms with Gasteiger partial charge < -0.3 is 19.7 Å². The molecule has 4 rings (SSSR count). The van der Waals surface area contributed by atoms with Crippen molar-refractivity contribution >= 4 is 17.1 Å². The van der Waals surface area contributed by atoms with Gasteiger partial charge in [0, 0.05) is 12.7 Å². The molecule has 9 heteroatoms. The number of aromatic nitrogens is 3. The molecule has 4 aromatic rings. The Hall–Kier alpha value is -3.85. The van der Waals surface area contributed by atoms with E-state index in [9.17, 15) is 18.7 Å². The first-order valence-corrected chi connectivity index (χ1v) is 9.85. The van der Waals surface area contributed by atoms with Gasteiger partial charge in [0.1, 0.15) is 5.75 Å². The number of rotatable bonds is 8. The summed E-state index contributed by atoms with van der Waals surface area (Å²) in [6.07, 6.45) is 1.81. The molecule has 2 aromatic heterocycles. The van der Waals surface area contributed by atoms with Crippen LogP contribution < -0.4 is 4.74 Å². The van der Waals surface area contributed by atoms with Crippen LogP contribution in [0.15, 0.2) is 73.2 Å². The maximum absolute atomic E-state index is 13.3. The molecule has 0 fully saturated rings. The Morgan fingerprint density at radius 2 is 1.91 bits per heavy atom. The second kappa shape index (κ2) is 9.52. The van der Waals surface area contributed by atoms with E-state index in [0.717, 1.165) is 5.56 Å². The summed E-state index contributed by atoms with van der Waals surface area (Å²) < 4.78 is 29.5. The number of nitrogens with zero attached hydrogens (tertiary/aromatic N) is 3. The molecule has 32 heavy (non-hydrogen) atoms. The summed E-state index contributed by atoms with van der Waals surface area (Å²) in [5, 5.41) is 10.8. The number of benzene rings is 2. The molecule has 2 aromatic carbocycles. The van der Waals surface area contributed by atoms with Gasteiger partial charge >= 0.3 is 6.61 Å². The monoisotopic (exact) mass is 438 g/mol. The van der Waals surface area contributed by atoms with E-state index in [1.807, 2.05) is 30.3 Å². The Balaban J connectivity index is 1.59. The molecule has 0 saturated heterocycles. The summed E-state index contributed by atoms with van der Waals surface area (Å²) in [7, 11) is 0. The Labute approximate surface area is 182 Å². The second-order valence-corrected chi connectivity index (χ2v) is 7.14. The number of hydrogen-bond acceptors (Lipinski definition) is 5. The van der Waals surface area contributed by atoms with Crippen LogP contribution in [0.2, 0.25) is 0 Å². The lowest BCUT2D eigenvalue weighted by atomic mass is 10.1. The summed E-state index contributed by atoms with van der Waals surface area (Å²) in [4.78, 5) is 26.0. The fourth-order valence-electron chi connectivity index (χ4n) is 3.36. The smallest absolute Gasteiger partial charge is 0.387 e. The Kier molecular flexibility index (Phi) is 6.37. The minimum Gasteiger partial charge on any atom is -0.435 e. The number of H-pyrrole nitrogens is 1. The molecule has 2 N–H and O–H groups in total. The molecule has 7 nitrogen and oxygen atoms in total. The number of aromatic amines is 1. The highest BCUT2D eigenvalue weighted by molar-refractivity contribution is 5.96. The highest BCUT2D eigenvalue weighted by atomic mass is 19.3. The lowest BCUT2D eigenvalue weighted by molar-refractivity contribution is -0.0500. The number of ether oxygens (including phenoxy) is 1. The van der Waals surface area contributed by atoms with Crippen LogP contribution in [0.1, 0.15) is 27.6 Å². The number of amides is 1. The number of carbonyl (C=O) groups excluding carboxylic acids is 1. The quantitative estimate of drug-likeness (QED) is 0.435. The SMILES string of the molecule is O=C(c1cnc2nc[nH]c2c1)N(Cc1ccccc1)CC(O)c1cccc(OC(F)F)c1. The van der Waals surface area contributed by atoms with Crippen molar-refractivity contribution in [1.82, 2.24) is 19.9 Å². The number of hydrogen-bond donors (Lipinski definition) is 2. The van der Waals surface area contributed by atoms with E-state index in [2.05, 4.69) is 19.7 Å². The molecule has 0 aliphatic rings. The first kappa shape index (κ1) is 21.4. The van der Waals surface area contributed by atoms with Crippen LogP contribution in [0, 0.1) is 0 Å². The van der Waals surface area contributed by atoms with Gasteiger partial charge in [-0.05, 0) is 29.3 Å². The molecule has 0 radical (unpaired) electrons. The molecule has 0 aliphatic carbocycles. The summed E-state index contributed by atoms with van der Waals surface area (Å²) in [5.74, 6) is -0.400. The van der Waals surface area contributed by atoms with Gasteiger partial charge in [0.2, 0.25) is 0 Å².